The third-order valence-electron chi connectivity index (χ3n) is 3.53. The molecule has 1 heterocycles. The molecule has 1 aromatic heterocycles. The van der Waals surface area contributed by atoms with Crippen molar-refractivity contribution in [2.75, 3.05) is 7.05 Å². The minimum atomic E-state index is 0.307. The van der Waals surface area contributed by atoms with Gasteiger partial charge in [0.15, 0.2) is 0 Å². The normalized spacial score (nSPS) is 12.5. The monoisotopic (exact) mass is 295 g/mol. The van der Waals surface area contributed by atoms with Crippen LogP contribution in [0.4, 0.5) is 0 Å². The summed E-state index contributed by atoms with van der Waals surface area (Å²) in [6.45, 7) is 2.16. The highest BCUT2D eigenvalue weighted by molar-refractivity contribution is 7.99. The number of rotatable bonds is 4. The highest BCUT2D eigenvalue weighted by Crippen LogP contribution is 2.35. The van der Waals surface area contributed by atoms with Crippen LogP contribution in [-0.4, -0.2) is 17.0 Å². The van der Waals surface area contributed by atoms with E-state index in [1.807, 2.05) is 25.2 Å². The van der Waals surface area contributed by atoms with Crippen LogP contribution in [0, 0.1) is 0 Å². The molecule has 21 heavy (non-hydrogen) atoms. The fourth-order valence-corrected chi connectivity index (χ4v) is 3.35. The Morgan fingerprint density at radius 3 is 2.62 bits per heavy atom. The van der Waals surface area contributed by atoms with Crippen molar-refractivity contribution in [2.24, 2.45) is 0 Å². The van der Waals surface area contributed by atoms with Crippen LogP contribution in [0.2, 0.25) is 0 Å². The van der Waals surface area contributed by atoms with Crippen molar-refractivity contribution in [1.29, 1.82) is 0 Å². The number of nitrogens with one attached hydrogen (secondary N) is 1. The average Bonchev–Trinajstić information content (AvgIpc) is 2.55. The molecule has 0 saturated carbocycles. The molecule has 3 rings (SSSR count). The van der Waals surface area contributed by atoms with Crippen LogP contribution >= 0.6 is 11.8 Å². The highest BCUT2D eigenvalue weighted by atomic mass is 32.2. The predicted molar refractivity (Wildman–Crippen MR) is 87.6 cm³/mol. The second-order valence-electron chi connectivity index (χ2n) is 4.85. The molecule has 0 fully saturated rings. The Morgan fingerprint density at radius 2 is 1.76 bits per heavy atom. The van der Waals surface area contributed by atoms with Gasteiger partial charge in [-0.1, -0.05) is 48.2 Å². The number of nitrogens with zero attached hydrogens (tertiary/aromatic N) is 2. The summed E-state index contributed by atoms with van der Waals surface area (Å²) in [5.74, 6) is 0. The van der Waals surface area contributed by atoms with E-state index in [-0.39, 0.29) is 0 Å². The topological polar surface area (TPSA) is 37.8 Å². The Balaban J connectivity index is 2.03. The lowest BCUT2D eigenvalue weighted by molar-refractivity contribution is 0.641. The van der Waals surface area contributed by atoms with Crippen molar-refractivity contribution >= 4 is 22.7 Å². The minimum absolute atomic E-state index is 0.307. The van der Waals surface area contributed by atoms with Crippen LogP contribution in [0.5, 0.6) is 0 Å². The van der Waals surface area contributed by atoms with Crippen LogP contribution in [-0.2, 0) is 0 Å². The van der Waals surface area contributed by atoms with Gasteiger partial charge < -0.3 is 5.32 Å². The maximum atomic E-state index is 4.46. The van der Waals surface area contributed by atoms with Crippen molar-refractivity contribution in [3.63, 3.8) is 0 Å². The molecule has 1 unspecified atom stereocenters. The van der Waals surface area contributed by atoms with Crippen LogP contribution in [0.25, 0.3) is 10.9 Å². The van der Waals surface area contributed by atoms with Crippen LogP contribution in [0.1, 0.15) is 18.5 Å². The molecule has 2 aromatic carbocycles. The lowest BCUT2D eigenvalue weighted by atomic mass is 10.1. The first-order valence-corrected chi connectivity index (χ1v) is 7.75. The molecular formula is C17H17N3S. The van der Waals surface area contributed by atoms with Gasteiger partial charge in [0.2, 0.25) is 0 Å². The molecule has 106 valence electrons. The standard InChI is InChI=1S/C17H17N3S/c1-12(18-2)13-7-4-6-10-16(13)21-17-14-8-3-5-9-15(14)19-11-20-17/h3-12,18H,1-2H3. The van der Waals surface area contributed by atoms with Gasteiger partial charge in [-0.25, -0.2) is 9.97 Å². The largest absolute Gasteiger partial charge is 0.313 e. The Morgan fingerprint density at radius 1 is 1.00 bits per heavy atom. The van der Waals surface area contributed by atoms with E-state index in [0.29, 0.717) is 6.04 Å². The van der Waals surface area contributed by atoms with Crippen LogP contribution < -0.4 is 5.32 Å². The quantitative estimate of drug-likeness (QED) is 0.737. The third-order valence-corrected chi connectivity index (χ3v) is 4.64. The Bertz CT molecular complexity index is 752. The molecule has 0 bridgehead atoms. The van der Waals surface area contributed by atoms with Gasteiger partial charge in [-0.3, -0.25) is 0 Å². The first-order chi connectivity index (χ1) is 10.3. The van der Waals surface area contributed by atoms with Gasteiger partial charge in [-0.2, -0.15) is 0 Å². The zero-order valence-corrected chi connectivity index (χ0v) is 12.9. The summed E-state index contributed by atoms with van der Waals surface area (Å²) < 4.78 is 0. The van der Waals surface area contributed by atoms with Crippen molar-refractivity contribution < 1.29 is 0 Å². The number of benzene rings is 2. The number of hydrogen-bond acceptors (Lipinski definition) is 4. The summed E-state index contributed by atoms with van der Waals surface area (Å²) in [5, 5.41) is 5.39. The zero-order chi connectivity index (χ0) is 14.7. The highest BCUT2D eigenvalue weighted by Gasteiger charge is 2.11. The minimum Gasteiger partial charge on any atom is -0.313 e. The van der Waals surface area contributed by atoms with Crippen molar-refractivity contribution in [1.82, 2.24) is 15.3 Å². The van der Waals surface area contributed by atoms with Gasteiger partial charge in [0, 0.05) is 16.3 Å². The van der Waals surface area contributed by atoms with Gasteiger partial charge in [0.05, 0.1) is 5.52 Å². The smallest absolute Gasteiger partial charge is 0.117 e. The number of hydrogen-bond donors (Lipinski definition) is 1. The van der Waals surface area contributed by atoms with E-state index in [9.17, 15) is 0 Å². The van der Waals surface area contributed by atoms with E-state index < -0.39 is 0 Å². The molecule has 0 aliphatic heterocycles. The van der Waals surface area contributed by atoms with E-state index in [1.54, 1.807) is 18.1 Å². The molecule has 3 aromatic rings. The van der Waals surface area contributed by atoms with E-state index in [2.05, 4.69) is 52.5 Å². The van der Waals surface area contributed by atoms with Crippen molar-refractivity contribution in [2.45, 2.75) is 22.9 Å². The van der Waals surface area contributed by atoms with Gasteiger partial charge in [-0.15, -0.1) is 0 Å². The summed E-state index contributed by atoms with van der Waals surface area (Å²) in [6, 6.07) is 16.9. The molecule has 3 nitrogen and oxygen atoms in total. The van der Waals surface area contributed by atoms with Gasteiger partial charge in [0.1, 0.15) is 11.4 Å². The number of fused-ring (bicyclic) bond motifs is 1. The van der Waals surface area contributed by atoms with Crippen LogP contribution in [0.15, 0.2) is 64.8 Å². The molecule has 0 aliphatic rings. The van der Waals surface area contributed by atoms with E-state index in [4.69, 9.17) is 0 Å². The zero-order valence-electron chi connectivity index (χ0n) is 12.1. The molecule has 0 spiro atoms. The Hall–Kier alpha value is -1.91. The van der Waals surface area contributed by atoms with Crippen LogP contribution in [0.3, 0.4) is 0 Å². The lowest BCUT2D eigenvalue weighted by Crippen LogP contribution is -2.13. The average molecular weight is 295 g/mol. The maximum absolute atomic E-state index is 4.46. The predicted octanol–water partition coefficient (Wildman–Crippen LogP) is 4.06. The van der Waals surface area contributed by atoms with Gasteiger partial charge in [0.25, 0.3) is 0 Å². The first kappa shape index (κ1) is 14.0. The first-order valence-electron chi connectivity index (χ1n) is 6.93. The fourth-order valence-electron chi connectivity index (χ4n) is 2.25. The second kappa shape index (κ2) is 6.24. The molecule has 1 N–H and O–H groups in total. The molecule has 0 aliphatic carbocycles. The summed E-state index contributed by atoms with van der Waals surface area (Å²) >= 11 is 1.70. The second-order valence-corrected chi connectivity index (χ2v) is 5.88. The summed E-state index contributed by atoms with van der Waals surface area (Å²) in [7, 11) is 1.98. The maximum Gasteiger partial charge on any atom is 0.117 e. The lowest BCUT2D eigenvalue weighted by Gasteiger charge is -2.15. The summed E-state index contributed by atoms with van der Waals surface area (Å²) in [6.07, 6.45) is 1.63. The summed E-state index contributed by atoms with van der Waals surface area (Å²) in [5.41, 5.74) is 2.27. The molecule has 1 atom stereocenters. The van der Waals surface area contributed by atoms with Gasteiger partial charge >= 0.3 is 0 Å². The third kappa shape index (κ3) is 2.91. The Kier molecular flexibility index (Phi) is 4.18. The van der Waals surface area contributed by atoms with Gasteiger partial charge in [-0.05, 0) is 31.7 Å². The van der Waals surface area contributed by atoms with E-state index >= 15 is 0 Å². The van der Waals surface area contributed by atoms with E-state index in [1.165, 1.54) is 10.5 Å². The van der Waals surface area contributed by atoms with Crippen molar-refractivity contribution in [3.8, 4) is 0 Å². The molecule has 0 saturated heterocycles. The fraction of sp³-hybridized carbons (Fsp3) is 0.176. The number of aromatic nitrogens is 2. The SMILES string of the molecule is CNC(C)c1ccccc1Sc1ncnc2ccccc12. The summed E-state index contributed by atoms with van der Waals surface area (Å²) in [4.78, 5) is 10.0. The molecule has 0 radical (unpaired) electrons. The molecule has 0 amide bonds. The molecular weight excluding hydrogens is 278 g/mol. The van der Waals surface area contributed by atoms with E-state index in [0.717, 1.165) is 15.9 Å². The number of para-hydroxylation sites is 1. The molecule has 4 heteroatoms. The Labute approximate surface area is 128 Å². The van der Waals surface area contributed by atoms with Crippen molar-refractivity contribution in [3.05, 3.63) is 60.4 Å².